The Morgan fingerprint density at radius 3 is 2.52 bits per heavy atom. The lowest BCUT2D eigenvalue weighted by Crippen LogP contribution is -2.68. The average Bonchev–Trinajstić information content (AvgIpc) is 2.86. The molecule has 4 rings (SSSR count). The Morgan fingerprint density at radius 2 is 1.90 bits per heavy atom. The number of ketones is 2. The van der Waals surface area contributed by atoms with Crippen LogP contribution in [-0.4, -0.2) is 43.8 Å². The van der Waals surface area contributed by atoms with E-state index < -0.39 is 26.7 Å². The van der Waals surface area contributed by atoms with E-state index in [-0.39, 0.29) is 40.6 Å². The summed E-state index contributed by atoms with van der Waals surface area (Å²) in [5, 5.41) is 10.8. The van der Waals surface area contributed by atoms with Crippen LogP contribution in [0.1, 0.15) is 40.0 Å². The van der Waals surface area contributed by atoms with E-state index in [2.05, 4.69) is 0 Å². The quantitative estimate of drug-likeness (QED) is 0.574. The normalized spacial score (nSPS) is 53.7. The lowest BCUT2D eigenvalue weighted by molar-refractivity contribution is -0.162. The van der Waals surface area contributed by atoms with Crippen molar-refractivity contribution < 1.29 is 14.7 Å². The van der Waals surface area contributed by atoms with E-state index >= 15 is 0 Å². The Morgan fingerprint density at radius 1 is 1.24 bits per heavy atom. The summed E-state index contributed by atoms with van der Waals surface area (Å²) in [5.74, 6) is -1.09. The van der Waals surface area contributed by atoms with Gasteiger partial charge in [-0.2, -0.15) is 0 Å². The van der Waals surface area contributed by atoms with Gasteiger partial charge in [-0.1, -0.05) is 26.8 Å². The first-order valence-corrected chi connectivity index (χ1v) is 11.9. The monoisotopic (exact) mass is 478 g/mol. The number of hydrogen-bond donors (Lipinski definition) is 1. The highest BCUT2D eigenvalue weighted by Gasteiger charge is 2.75. The van der Waals surface area contributed by atoms with Crippen molar-refractivity contribution in [1.82, 2.24) is 0 Å². The molecule has 7 heteroatoms. The summed E-state index contributed by atoms with van der Waals surface area (Å²) in [6, 6.07) is 0. The molecular weight excluding hydrogens is 454 g/mol. The van der Waals surface area contributed by atoms with Gasteiger partial charge in [0.25, 0.3) is 0 Å². The van der Waals surface area contributed by atoms with Crippen LogP contribution in [0.5, 0.6) is 0 Å². The second-order valence-corrected chi connectivity index (χ2v) is 11.7. The summed E-state index contributed by atoms with van der Waals surface area (Å²) in [6.45, 7) is 5.86. The molecule has 0 saturated heterocycles. The van der Waals surface area contributed by atoms with Crippen LogP contribution in [-0.2, 0) is 9.59 Å². The molecule has 3 fully saturated rings. The number of aliphatic hydroxyl groups is 1. The molecule has 0 bridgehead atoms. The fourth-order valence-corrected chi connectivity index (χ4v) is 9.06. The van der Waals surface area contributed by atoms with Gasteiger partial charge in [-0.25, -0.2) is 0 Å². The zero-order chi connectivity index (χ0) is 21.6. The van der Waals surface area contributed by atoms with E-state index in [4.69, 9.17) is 46.4 Å². The molecule has 4 aliphatic rings. The topological polar surface area (TPSA) is 54.4 Å². The number of carbonyl (C=O) groups is 2. The molecule has 0 spiro atoms. The van der Waals surface area contributed by atoms with Crippen LogP contribution >= 0.6 is 46.4 Å². The number of carbonyl (C=O) groups excluding carboxylic acids is 2. The first-order valence-electron chi connectivity index (χ1n) is 10.1. The van der Waals surface area contributed by atoms with Gasteiger partial charge in [0.1, 0.15) is 5.60 Å². The number of rotatable bonds is 2. The zero-order valence-corrected chi connectivity index (χ0v) is 19.7. The molecule has 160 valence electrons. The summed E-state index contributed by atoms with van der Waals surface area (Å²) in [7, 11) is 0. The van der Waals surface area contributed by atoms with Gasteiger partial charge in [-0.3, -0.25) is 9.59 Å². The number of allylic oxidation sites excluding steroid dienone is 4. The third-order valence-electron chi connectivity index (χ3n) is 8.71. The highest BCUT2D eigenvalue weighted by molar-refractivity contribution is 6.34. The average molecular weight is 480 g/mol. The summed E-state index contributed by atoms with van der Waals surface area (Å²) in [6.07, 6.45) is 6.59. The van der Waals surface area contributed by atoms with Crippen LogP contribution < -0.4 is 0 Å². The van der Waals surface area contributed by atoms with Crippen LogP contribution in [0.25, 0.3) is 0 Å². The molecular formula is C22H26Cl4O3. The molecule has 1 N–H and O–H groups in total. The Hall–Kier alpha value is -0.0600. The maximum absolute atomic E-state index is 12.8. The van der Waals surface area contributed by atoms with Gasteiger partial charge in [0, 0.05) is 10.8 Å². The van der Waals surface area contributed by atoms with Crippen LogP contribution in [0.4, 0.5) is 0 Å². The summed E-state index contributed by atoms with van der Waals surface area (Å²) in [5.41, 5.74) is -2.14. The highest BCUT2D eigenvalue weighted by Crippen LogP contribution is 2.72. The van der Waals surface area contributed by atoms with E-state index in [9.17, 15) is 14.7 Å². The van der Waals surface area contributed by atoms with Gasteiger partial charge < -0.3 is 5.11 Å². The fraction of sp³-hybridized carbons (Fsp3) is 0.727. The van der Waals surface area contributed by atoms with Crippen molar-refractivity contribution in [3.63, 3.8) is 0 Å². The summed E-state index contributed by atoms with van der Waals surface area (Å²) < 4.78 is 0. The van der Waals surface area contributed by atoms with Gasteiger partial charge >= 0.3 is 0 Å². The summed E-state index contributed by atoms with van der Waals surface area (Å²) in [4.78, 5) is 24.0. The Bertz CT molecular complexity index is 840. The number of hydrogen-bond acceptors (Lipinski definition) is 3. The molecule has 0 aliphatic heterocycles. The molecule has 0 amide bonds. The molecule has 0 aromatic heterocycles. The van der Waals surface area contributed by atoms with Crippen LogP contribution in [0.2, 0.25) is 0 Å². The second kappa shape index (κ2) is 6.72. The molecule has 29 heavy (non-hydrogen) atoms. The van der Waals surface area contributed by atoms with Crippen LogP contribution in [0.3, 0.4) is 0 Å². The van der Waals surface area contributed by atoms with Crippen LogP contribution in [0, 0.1) is 28.6 Å². The van der Waals surface area contributed by atoms with Gasteiger partial charge in [-0.05, 0) is 54.7 Å². The van der Waals surface area contributed by atoms with Gasteiger partial charge in [0.05, 0.1) is 21.5 Å². The standard InChI is InChI=1S/C22H26Cl4O3/c1-11-6-13-14-8-16(24)15-7-12(27)4-5-19(15,2)21(14,26)17(25)9-20(13,3)22(11,29)18(28)10-23/h4-5,7,11,13-14,16-17,29H,6,8-10H2,1-3H3/t11-,13+,14+,16+,17+,19+,20+,21+,22+/m1/s1. The molecule has 4 aliphatic carbocycles. The fourth-order valence-electron chi connectivity index (χ4n) is 7.17. The molecule has 0 aromatic rings. The van der Waals surface area contributed by atoms with Crippen molar-refractivity contribution in [2.24, 2.45) is 28.6 Å². The Kier molecular flexibility index (Phi) is 5.13. The van der Waals surface area contributed by atoms with Crippen molar-refractivity contribution in [2.45, 2.75) is 61.3 Å². The zero-order valence-electron chi connectivity index (χ0n) is 16.7. The smallest absolute Gasteiger partial charge is 0.179 e. The lowest BCUT2D eigenvalue weighted by Gasteiger charge is -2.64. The van der Waals surface area contributed by atoms with E-state index in [0.717, 1.165) is 5.57 Å². The highest BCUT2D eigenvalue weighted by atomic mass is 35.5. The SMILES string of the molecule is C[C@@H]1C[C@H]2[C@@H]3C[C@H](Cl)C4=CC(=O)C=C[C@]4(C)[C@@]3(Cl)[C@@H](Cl)C[C@]2(C)[C@@]1(O)C(=O)CCl. The maximum Gasteiger partial charge on any atom is 0.179 e. The largest absolute Gasteiger partial charge is 0.381 e. The van der Waals surface area contributed by atoms with Gasteiger partial charge in [0.2, 0.25) is 0 Å². The van der Waals surface area contributed by atoms with Crippen molar-refractivity contribution in [3.05, 3.63) is 23.8 Å². The van der Waals surface area contributed by atoms with Crippen molar-refractivity contribution >= 4 is 58.0 Å². The number of halogens is 4. The first-order chi connectivity index (χ1) is 13.4. The van der Waals surface area contributed by atoms with Crippen molar-refractivity contribution in [2.75, 3.05) is 5.88 Å². The van der Waals surface area contributed by atoms with Gasteiger partial charge in [0.15, 0.2) is 11.6 Å². The summed E-state index contributed by atoms with van der Waals surface area (Å²) >= 11 is 27.2. The van der Waals surface area contributed by atoms with E-state index in [1.807, 2.05) is 26.8 Å². The molecule has 3 saturated carbocycles. The lowest BCUT2D eigenvalue weighted by atomic mass is 9.46. The van der Waals surface area contributed by atoms with E-state index in [1.165, 1.54) is 0 Å². The number of alkyl halides is 4. The number of fused-ring (bicyclic) bond motifs is 5. The Labute approximate surface area is 191 Å². The number of Topliss-reactive ketones (excluding diaryl/α,β-unsaturated/α-hetero) is 1. The molecule has 0 unspecified atom stereocenters. The predicted octanol–water partition coefficient (Wildman–Crippen LogP) is 4.88. The third kappa shape index (κ3) is 2.49. The first kappa shape index (κ1) is 22.1. The molecule has 3 nitrogen and oxygen atoms in total. The molecule has 0 aromatic carbocycles. The molecule has 0 radical (unpaired) electrons. The Balaban J connectivity index is 1.87. The maximum atomic E-state index is 12.8. The molecule has 9 atom stereocenters. The van der Waals surface area contributed by atoms with Crippen molar-refractivity contribution in [3.8, 4) is 0 Å². The molecule has 0 heterocycles. The minimum absolute atomic E-state index is 0.0344. The van der Waals surface area contributed by atoms with Gasteiger partial charge in [-0.15, -0.1) is 46.4 Å². The van der Waals surface area contributed by atoms with E-state index in [1.54, 1.807) is 12.2 Å². The minimum atomic E-state index is -1.54. The van der Waals surface area contributed by atoms with E-state index in [0.29, 0.717) is 19.3 Å². The van der Waals surface area contributed by atoms with Crippen LogP contribution in [0.15, 0.2) is 23.8 Å². The minimum Gasteiger partial charge on any atom is -0.381 e. The predicted molar refractivity (Wildman–Crippen MR) is 117 cm³/mol. The van der Waals surface area contributed by atoms with Crippen molar-refractivity contribution in [1.29, 1.82) is 0 Å². The second-order valence-electron chi connectivity index (χ2n) is 9.77. The third-order valence-corrected chi connectivity index (χ3v) is 10.9.